The van der Waals surface area contributed by atoms with Crippen molar-refractivity contribution in [2.45, 2.75) is 13.1 Å². The molecule has 1 aliphatic rings. The van der Waals surface area contributed by atoms with Crippen LogP contribution in [0.3, 0.4) is 0 Å². The zero-order valence-corrected chi connectivity index (χ0v) is 15.4. The summed E-state index contributed by atoms with van der Waals surface area (Å²) in [6, 6.07) is 16.5. The minimum absolute atomic E-state index is 0.0589. The van der Waals surface area contributed by atoms with Gasteiger partial charge in [-0.05, 0) is 23.8 Å². The van der Waals surface area contributed by atoms with E-state index in [-0.39, 0.29) is 24.8 Å². The van der Waals surface area contributed by atoms with Gasteiger partial charge in [-0.2, -0.15) is 0 Å². The summed E-state index contributed by atoms with van der Waals surface area (Å²) in [6.45, 7) is 0.611. The molecule has 0 atom stereocenters. The molecule has 142 valence electrons. The molecule has 1 amide bonds. The van der Waals surface area contributed by atoms with E-state index in [1.807, 2.05) is 36.4 Å². The number of hydrogen-bond acceptors (Lipinski definition) is 5. The summed E-state index contributed by atoms with van der Waals surface area (Å²) in [5.41, 5.74) is 2.01. The molecule has 1 aliphatic heterocycles. The lowest BCUT2D eigenvalue weighted by molar-refractivity contribution is -0.131. The maximum absolute atomic E-state index is 12.5. The van der Waals surface area contributed by atoms with Gasteiger partial charge in [0.15, 0.2) is 11.5 Å². The first-order valence-electron chi connectivity index (χ1n) is 8.84. The Bertz CT molecular complexity index is 1060. The maximum atomic E-state index is 12.5. The standard InChI is InChI=1S/C21H19N3O4/c1-23(11-15-5-3-2-4-6-15)21(26)12-24-13-22-17(10-20(24)25)16-7-8-18-19(9-16)28-14-27-18/h2-10,13H,11-12,14H2,1H3. The van der Waals surface area contributed by atoms with E-state index in [1.165, 1.54) is 17.0 Å². The van der Waals surface area contributed by atoms with Gasteiger partial charge in [-0.15, -0.1) is 0 Å². The summed E-state index contributed by atoms with van der Waals surface area (Å²) < 4.78 is 12.0. The third kappa shape index (κ3) is 3.73. The first-order valence-corrected chi connectivity index (χ1v) is 8.84. The predicted octanol–water partition coefficient (Wildman–Crippen LogP) is 2.30. The largest absolute Gasteiger partial charge is 0.454 e. The van der Waals surface area contributed by atoms with E-state index >= 15 is 0 Å². The number of fused-ring (bicyclic) bond motifs is 1. The summed E-state index contributed by atoms with van der Waals surface area (Å²) >= 11 is 0. The second kappa shape index (κ2) is 7.56. The average Bonchev–Trinajstić information content (AvgIpc) is 3.18. The highest BCUT2D eigenvalue weighted by Gasteiger charge is 2.15. The smallest absolute Gasteiger partial charge is 0.254 e. The van der Waals surface area contributed by atoms with E-state index in [4.69, 9.17) is 9.47 Å². The van der Waals surface area contributed by atoms with Crippen LogP contribution in [0.1, 0.15) is 5.56 Å². The lowest BCUT2D eigenvalue weighted by Gasteiger charge is -2.18. The zero-order valence-electron chi connectivity index (χ0n) is 15.4. The molecule has 4 rings (SSSR count). The van der Waals surface area contributed by atoms with E-state index in [2.05, 4.69) is 4.98 Å². The Labute approximate surface area is 161 Å². The van der Waals surface area contributed by atoms with Gasteiger partial charge < -0.3 is 14.4 Å². The number of hydrogen-bond donors (Lipinski definition) is 0. The minimum atomic E-state index is -0.288. The van der Waals surface area contributed by atoms with Crippen LogP contribution in [0.15, 0.2) is 65.7 Å². The number of aromatic nitrogens is 2. The predicted molar refractivity (Wildman–Crippen MR) is 103 cm³/mol. The summed E-state index contributed by atoms with van der Waals surface area (Å²) in [7, 11) is 1.72. The van der Waals surface area contributed by atoms with Crippen LogP contribution in [-0.4, -0.2) is 34.2 Å². The second-order valence-corrected chi connectivity index (χ2v) is 6.54. The molecule has 3 aromatic rings. The molecule has 0 fully saturated rings. The van der Waals surface area contributed by atoms with Crippen LogP contribution in [0.2, 0.25) is 0 Å². The van der Waals surface area contributed by atoms with Gasteiger partial charge in [-0.3, -0.25) is 14.2 Å². The van der Waals surface area contributed by atoms with Crippen LogP contribution in [0.5, 0.6) is 11.5 Å². The van der Waals surface area contributed by atoms with Crippen molar-refractivity contribution in [3.63, 3.8) is 0 Å². The van der Waals surface area contributed by atoms with E-state index in [9.17, 15) is 9.59 Å². The summed E-state index contributed by atoms with van der Waals surface area (Å²) in [5, 5.41) is 0. The van der Waals surface area contributed by atoms with Crippen LogP contribution in [0.4, 0.5) is 0 Å². The Morgan fingerprint density at radius 1 is 1.11 bits per heavy atom. The molecule has 0 bridgehead atoms. The Kier molecular flexibility index (Phi) is 4.80. The van der Waals surface area contributed by atoms with Gasteiger partial charge in [0.1, 0.15) is 6.54 Å². The summed E-state index contributed by atoms with van der Waals surface area (Å²) in [6.07, 6.45) is 1.40. The van der Waals surface area contributed by atoms with E-state index in [1.54, 1.807) is 24.1 Å². The monoisotopic (exact) mass is 377 g/mol. The van der Waals surface area contributed by atoms with Crippen LogP contribution < -0.4 is 15.0 Å². The van der Waals surface area contributed by atoms with Crippen LogP contribution in [0.25, 0.3) is 11.3 Å². The average molecular weight is 377 g/mol. The molecule has 0 saturated heterocycles. The molecule has 2 heterocycles. The molecule has 0 saturated carbocycles. The van der Waals surface area contributed by atoms with Gasteiger partial charge >= 0.3 is 0 Å². The van der Waals surface area contributed by atoms with E-state index in [0.717, 1.165) is 11.1 Å². The lowest BCUT2D eigenvalue weighted by atomic mass is 10.1. The number of carbonyl (C=O) groups is 1. The number of rotatable bonds is 5. The second-order valence-electron chi connectivity index (χ2n) is 6.54. The van der Waals surface area contributed by atoms with Gasteiger partial charge in [0.2, 0.25) is 12.7 Å². The zero-order chi connectivity index (χ0) is 19.5. The highest BCUT2D eigenvalue weighted by atomic mass is 16.7. The molecule has 0 aliphatic carbocycles. The quantitative estimate of drug-likeness (QED) is 0.682. The minimum Gasteiger partial charge on any atom is -0.454 e. The summed E-state index contributed by atoms with van der Waals surface area (Å²) in [5.74, 6) is 1.13. The fourth-order valence-electron chi connectivity index (χ4n) is 2.97. The van der Waals surface area contributed by atoms with Crippen molar-refractivity contribution in [2.75, 3.05) is 13.8 Å². The van der Waals surface area contributed by atoms with Crippen molar-refractivity contribution < 1.29 is 14.3 Å². The van der Waals surface area contributed by atoms with E-state index < -0.39 is 0 Å². The highest BCUT2D eigenvalue weighted by Crippen LogP contribution is 2.35. The van der Waals surface area contributed by atoms with Crippen LogP contribution >= 0.6 is 0 Å². The van der Waals surface area contributed by atoms with Gasteiger partial charge in [-0.25, -0.2) is 4.98 Å². The SMILES string of the molecule is CN(Cc1ccccc1)C(=O)Cn1cnc(-c2ccc3c(c2)OCO3)cc1=O. The van der Waals surface area contributed by atoms with Gasteiger partial charge in [0.25, 0.3) is 5.56 Å². The van der Waals surface area contributed by atoms with E-state index in [0.29, 0.717) is 23.7 Å². The number of likely N-dealkylation sites (N-methyl/N-ethyl adjacent to an activating group) is 1. The Morgan fingerprint density at radius 2 is 1.89 bits per heavy atom. The molecular formula is C21H19N3O4. The molecule has 7 nitrogen and oxygen atoms in total. The number of benzene rings is 2. The first kappa shape index (κ1) is 17.8. The Hall–Kier alpha value is -3.61. The molecule has 28 heavy (non-hydrogen) atoms. The normalized spacial score (nSPS) is 12.0. The first-order chi connectivity index (χ1) is 13.6. The Balaban J connectivity index is 1.47. The van der Waals surface area contributed by atoms with Gasteiger partial charge in [0, 0.05) is 25.2 Å². The summed E-state index contributed by atoms with van der Waals surface area (Å²) in [4.78, 5) is 30.8. The van der Waals surface area contributed by atoms with Crippen molar-refractivity contribution in [3.8, 4) is 22.8 Å². The number of carbonyl (C=O) groups excluding carboxylic acids is 1. The third-order valence-electron chi connectivity index (χ3n) is 4.54. The molecule has 2 aromatic carbocycles. The molecule has 0 N–H and O–H groups in total. The van der Waals surface area contributed by atoms with Crippen molar-refractivity contribution in [1.29, 1.82) is 0 Å². The molecule has 0 spiro atoms. The fraction of sp³-hybridized carbons (Fsp3) is 0.190. The maximum Gasteiger partial charge on any atom is 0.254 e. The topological polar surface area (TPSA) is 73.7 Å². The van der Waals surface area contributed by atoms with Crippen LogP contribution in [-0.2, 0) is 17.9 Å². The lowest BCUT2D eigenvalue weighted by Crippen LogP contribution is -2.33. The van der Waals surface area contributed by atoms with Crippen molar-refractivity contribution in [2.24, 2.45) is 0 Å². The van der Waals surface area contributed by atoms with Gasteiger partial charge in [-0.1, -0.05) is 30.3 Å². The highest BCUT2D eigenvalue weighted by molar-refractivity contribution is 5.75. The number of amides is 1. The van der Waals surface area contributed by atoms with Crippen LogP contribution in [0, 0.1) is 0 Å². The molecule has 0 unspecified atom stereocenters. The number of ether oxygens (including phenoxy) is 2. The molecule has 1 aromatic heterocycles. The molecular weight excluding hydrogens is 358 g/mol. The van der Waals surface area contributed by atoms with Crippen molar-refractivity contribution in [3.05, 3.63) is 76.8 Å². The van der Waals surface area contributed by atoms with Crippen molar-refractivity contribution in [1.82, 2.24) is 14.5 Å². The fourth-order valence-corrected chi connectivity index (χ4v) is 2.97. The molecule has 7 heteroatoms. The van der Waals surface area contributed by atoms with Crippen molar-refractivity contribution >= 4 is 5.91 Å². The Morgan fingerprint density at radius 3 is 2.68 bits per heavy atom. The number of nitrogens with zero attached hydrogens (tertiary/aromatic N) is 3. The molecule has 0 radical (unpaired) electrons. The third-order valence-corrected chi connectivity index (χ3v) is 4.54. The van der Waals surface area contributed by atoms with Gasteiger partial charge in [0.05, 0.1) is 12.0 Å².